The maximum Gasteiger partial charge on any atom is 0.117 e. The highest BCUT2D eigenvalue weighted by Crippen LogP contribution is 2.14. The van der Waals surface area contributed by atoms with E-state index in [1.54, 1.807) is 11.3 Å². The molecule has 0 atom stereocenters. The van der Waals surface area contributed by atoms with Crippen LogP contribution in [0.5, 0.6) is 0 Å². The van der Waals surface area contributed by atoms with E-state index in [1.807, 2.05) is 0 Å². The van der Waals surface area contributed by atoms with Crippen molar-refractivity contribution in [3.8, 4) is 0 Å². The number of hydrogen-bond donors (Lipinski definition) is 1. The molecule has 3 nitrogen and oxygen atoms in total. The Labute approximate surface area is 112 Å². The Hall–Kier alpha value is -1.26. The van der Waals surface area contributed by atoms with Crippen LogP contribution < -0.4 is 5.73 Å². The molecule has 0 amide bonds. The molecule has 0 aliphatic carbocycles. The first-order valence-corrected chi connectivity index (χ1v) is 7.16. The highest BCUT2D eigenvalue weighted by atomic mass is 32.1. The average Bonchev–Trinajstić information content (AvgIpc) is 2.84. The number of aromatic nitrogens is 2. The van der Waals surface area contributed by atoms with Crippen molar-refractivity contribution in [1.82, 2.24) is 10.2 Å². The van der Waals surface area contributed by atoms with Gasteiger partial charge in [0, 0.05) is 12.8 Å². The maximum absolute atomic E-state index is 5.49. The van der Waals surface area contributed by atoms with Gasteiger partial charge in [-0.05, 0) is 31.9 Å². The summed E-state index contributed by atoms with van der Waals surface area (Å²) < 4.78 is 0. The summed E-state index contributed by atoms with van der Waals surface area (Å²) in [5.74, 6) is 0. The molecule has 0 fully saturated rings. The van der Waals surface area contributed by atoms with Gasteiger partial charge in [0.25, 0.3) is 0 Å². The summed E-state index contributed by atoms with van der Waals surface area (Å²) in [7, 11) is 0. The lowest BCUT2D eigenvalue weighted by molar-refractivity contribution is 0.806. The molecule has 0 aliphatic rings. The van der Waals surface area contributed by atoms with E-state index in [-0.39, 0.29) is 0 Å². The van der Waals surface area contributed by atoms with Gasteiger partial charge in [0.05, 0.1) is 0 Å². The average molecular weight is 261 g/mol. The predicted molar refractivity (Wildman–Crippen MR) is 75.9 cm³/mol. The van der Waals surface area contributed by atoms with Gasteiger partial charge in [-0.15, -0.1) is 21.5 Å². The smallest absolute Gasteiger partial charge is 0.117 e. The highest BCUT2D eigenvalue weighted by Gasteiger charge is 2.04. The van der Waals surface area contributed by atoms with Gasteiger partial charge >= 0.3 is 0 Å². The Balaban J connectivity index is 1.86. The van der Waals surface area contributed by atoms with E-state index in [2.05, 4.69) is 41.4 Å². The third-order valence-corrected chi connectivity index (χ3v) is 3.89. The van der Waals surface area contributed by atoms with Crippen LogP contribution in [-0.2, 0) is 19.3 Å². The number of aryl methyl sites for hydroxylation is 4. The number of benzene rings is 1. The van der Waals surface area contributed by atoms with E-state index in [1.165, 1.54) is 11.1 Å². The first-order chi connectivity index (χ1) is 8.78. The number of nitrogens with zero attached hydrogens (tertiary/aromatic N) is 2. The molecule has 18 heavy (non-hydrogen) atoms. The summed E-state index contributed by atoms with van der Waals surface area (Å²) in [5, 5.41) is 10.7. The molecule has 0 bridgehead atoms. The lowest BCUT2D eigenvalue weighted by Gasteiger charge is -1.99. The first kappa shape index (κ1) is 13.2. The normalized spacial score (nSPS) is 10.8. The molecule has 96 valence electrons. The van der Waals surface area contributed by atoms with Gasteiger partial charge in [-0.1, -0.05) is 29.8 Å². The van der Waals surface area contributed by atoms with E-state index in [0.717, 1.165) is 42.2 Å². The lowest BCUT2D eigenvalue weighted by Crippen LogP contribution is -1.99. The van der Waals surface area contributed by atoms with Crippen LogP contribution in [0, 0.1) is 6.92 Å². The molecule has 1 aromatic carbocycles. The fourth-order valence-corrected chi connectivity index (χ4v) is 2.64. The van der Waals surface area contributed by atoms with Crippen LogP contribution in [0.3, 0.4) is 0 Å². The second-order valence-electron chi connectivity index (χ2n) is 4.47. The van der Waals surface area contributed by atoms with Gasteiger partial charge < -0.3 is 5.73 Å². The molecule has 0 radical (unpaired) electrons. The zero-order valence-electron chi connectivity index (χ0n) is 10.7. The van der Waals surface area contributed by atoms with E-state index in [4.69, 9.17) is 5.73 Å². The molecule has 0 saturated heterocycles. The minimum atomic E-state index is 0.721. The van der Waals surface area contributed by atoms with Crippen LogP contribution in [0.4, 0.5) is 0 Å². The summed E-state index contributed by atoms with van der Waals surface area (Å²) in [6.07, 6.45) is 3.96. The minimum Gasteiger partial charge on any atom is -0.330 e. The van der Waals surface area contributed by atoms with Crippen molar-refractivity contribution in [3.63, 3.8) is 0 Å². The third-order valence-electron chi connectivity index (χ3n) is 2.85. The fourth-order valence-electron chi connectivity index (χ4n) is 1.75. The zero-order chi connectivity index (χ0) is 12.8. The molecule has 1 aromatic heterocycles. The van der Waals surface area contributed by atoms with E-state index in [0.29, 0.717) is 0 Å². The molecule has 2 rings (SSSR count). The van der Waals surface area contributed by atoms with Crippen LogP contribution in [-0.4, -0.2) is 16.7 Å². The maximum atomic E-state index is 5.49. The molecule has 0 aliphatic heterocycles. The van der Waals surface area contributed by atoms with Crippen molar-refractivity contribution in [2.75, 3.05) is 6.54 Å². The van der Waals surface area contributed by atoms with Crippen LogP contribution in [0.25, 0.3) is 0 Å². The van der Waals surface area contributed by atoms with Crippen LogP contribution in [0.2, 0.25) is 0 Å². The van der Waals surface area contributed by atoms with Crippen LogP contribution in [0.15, 0.2) is 24.3 Å². The monoisotopic (exact) mass is 261 g/mol. The summed E-state index contributed by atoms with van der Waals surface area (Å²) >= 11 is 1.72. The van der Waals surface area contributed by atoms with Crippen molar-refractivity contribution in [1.29, 1.82) is 0 Å². The zero-order valence-corrected chi connectivity index (χ0v) is 11.5. The quantitative estimate of drug-likeness (QED) is 0.869. The first-order valence-electron chi connectivity index (χ1n) is 6.35. The second-order valence-corrected chi connectivity index (χ2v) is 5.61. The van der Waals surface area contributed by atoms with Crippen molar-refractivity contribution in [2.45, 2.75) is 32.6 Å². The van der Waals surface area contributed by atoms with Crippen molar-refractivity contribution in [3.05, 3.63) is 45.4 Å². The molecular weight excluding hydrogens is 242 g/mol. The van der Waals surface area contributed by atoms with Gasteiger partial charge in [0.2, 0.25) is 0 Å². The van der Waals surface area contributed by atoms with E-state index < -0.39 is 0 Å². The van der Waals surface area contributed by atoms with Crippen LogP contribution >= 0.6 is 11.3 Å². The third kappa shape index (κ3) is 3.89. The molecular formula is C14H19N3S. The van der Waals surface area contributed by atoms with Gasteiger partial charge in [0.1, 0.15) is 10.0 Å². The number of rotatable bonds is 6. The topological polar surface area (TPSA) is 51.8 Å². The predicted octanol–water partition coefficient (Wildman–Crippen LogP) is 2.52. The van der Waals surface area contributed by atoms with Gasteiger partial charge in [-0.3, -0.25) is 0 Å². The Bertz CT molecular complexity index is 476. The molecule has 2 N–H and O–H groups in total. The molecule has 2 aromatic rings. The Kier molecular flexibility index (Phi) is 4.84. The summed E-state index contributed by atoms with van der Waals surface area (Å²) in [6.45, 7) is 2.83. The standard InChI is InChI=1S/C14H19N3S/c1-11-4-6-12(7-5-11)8-9-14-17-16-13(18-14)3-2-10-15/h4-7H,2-3,8-10,15H2,1H3. The Morgan fingerprint density at radius 3 is 2.33 bits per heavy atom. The minimum absolute atomic E-state index is 0.721. The summed E-state index contributed by atoms with van der Waals surface area (Å²) in [5.41, 5.74) is 8.15. The number of hydrogen-bond acceptors (Lipinski definition) is 4. The second kappa shape index (κ2) is 6.61. The van der Waals surface area contributed by atoms with Crippen molar-refractivity contribution in [2.24, 2.45) is 5.73 Å². The highest BCUT2D eigenvalue weighted by molar-refractivity contribution is 7.11. The van der Waals surface area contributed by atoms with Gasteiger partial charge in [-0.2, -0.15) is 0 Å². The van der Waals surface area contributed by atoms with Crippen molar-refractivity contribution >= 4 is 11.3 Å². The van der Waals surface area contributed by atoms with Crippen LogP contribution in [0.1, 0.15) is 27.6 Å². The van der Waals surface area contributed by atoms with Gasteiger partial charge in [0.15, 0.2) is 0 Å². The molecule has 0 spiro atoms. The van der Waals surface area contributed by atoms with Gasteiger partial charge in [-0.25, -0.2) is 0 Å². The molecule has 0 unspecified atom stereocenters. The summed E-state index contributed by atoms with van der Waals surface area (Å²) in [6, 6.07) is 8.68. The number of nitrogens with two attached hydrogens (primary N) is 1. The SMILES string of the molecule is Cc1ccc(CCc2nnc(CCCN)s2)cc1. The fraction of sp³-hybridized carbons (Fsp3) is 0.429. The molecule has 4 heteroatoms. The Morgan fingerprint density at radius 2 is 1.67 bits per heavy atom. The van der Waals surface area contributed by atoms with E-state index in [9.17, 15) is 0 Å². The molecule has 0 saturated carbocycles. The largest absolute Gasteiger partial charge is 0.330 e. The molecule has 1 heterocycles. The Morgan fingerprint density at radius 1 is 1.00 bits per heavy atom. The van der Waals surface area contributed by atoms with E-state index >= 15 is 0 Å². The van der Waals surface area contributed by atoms with Crippen molar-refractivity contribution < 1.29 is 0 Å². The summed E-state index contributed by atoms with van der Waals surface area (Å²) in [4.78, 5) is 0. The lowest BCUT2D eigenvalue weighted by atomic mass is 10.1.